The zero-order valence-electron chi connectivity index (χ0n) is 8.48. The van der Waals surface area contributed by atoms with Crippen molar-refractivity contribution in [2.75, 3.05) is 26.2 Å². The van der Waals surface area contributed by atoms with Gasteiger partial charge in [0.1, 0.15) is 0 Å². The van der Waals surface area contributed by atoms with Crippen LogP contribution >= 0.6 is 0 Å². The van der Waals surface area contributed by atoms with E-state index in [-0.39, 0.29) is 0 Å². The Morgan fingerprint density at radius 3 is 2.85 bits per heavy atom. The average molecular weight is 182 g/mol. The molecule has 74 valence electrons. The molecule has 0 saturated carbocycles. The van der Waals surface area contributed by atoms with Crippen LogP contribution in [0.2, 0.25) is 0 Å². The van der Waals surface area contributed by atoms with Gasteiger partial charge in [-0.15, -0.1) is 0 Å². The van der Waals surface area contributed by atoms with Crippen molar-refractivity contribution in [3.63, 3.8) is 0 Å². The van der Waals surface area contributed by atoms with Crippen LogP contribution in [-0.4, -0.2) is 31.1 Å². The molecule has 0 spiro atoms. The highest BCUT2D eigenvalue weighted by atomic mass is 15.2. The van der Waals surface area contributed by atoms with Crippen LogP contribution in [0.3, 0.4) is 0 Å². The molecule has 1 aliphatic heterocycles. The van der Waals surface area contributed by atoms with Crippen LogP contribution in [0.5, 0.6) is 0 Å². The first-order chi connectivity index (χ1) is 6.24. The molecule has 1 heterocycles. The van der Waals surface area contributed by atoms with E-state index < -0.39 is 0 Å². The fourth-order valence-corrected chi connectivity index (χ4v) is 1.78. The van der Waals surface area contributed by atoms with Crippen LogP contribution in [0.15, 0.2) is 5.11 Å². The molecule has 2 atom stereocenters. The topological polar surface area (TPSA) is 52.0 Å². The van der Waals surface area contributed by atoms with E-state index in [0.29, 0.717) is 6.54 Å². The largest absolute Gasteiger partial charge is 0.303 e. The van der Waals surface area contributed by atoms with Gasteiger partial charge in [0.15, 0.2) is 0 Å². The maximum absolute atomic E-state index is 8.13. The summed E-state index contributed by atoms with van der Waals surface area (Å²) < 4.78 is 0. The minimum Gasteiger partial charge on any atom is -0.303 e. The smallest absolute Gasteiger partial charge is 0.0385 e. The summed E-state index contributed by atoms with van der Waals surface area (Å²) in [7, 11) is 0. The summed E-state index contributed by atoms with van der Waals surface area (Å²) in [6, 6.07) is 0. The minimum absolute atomic E-state index is 0.609. The predicted molar refractivity (Wildman–Crippen MR) is 53.4 cm³/mol. The molecular weight excluding hydrogens is 164 g/mol. The minimum atomic E-state index is 0.609. The molecule has 13 heavy (non-hydrogen) atoms. The second-order valence-electron chi connectivity index (χ2n) is 4.00. The summed E-state index contributed by atoms with van der Waals surface area (Å²) in [4.78, 5) is 5.14. The maximum atomic E-state index is 8.13. The molecule has 4 nitrogen and oxygen atoms in total. The van der Waals surface area contributed by atoms with Crippen molar-refractivity contribution in [3.05, 3.63) is 10.4 Å². The van der Waals surface area contributed by atoms with Gasteiger partial charge in [0.05, 0.1) is 0 Å². The van der Waals surface area contributed by atoms with Gasteiger partial charge < -0.3 is 4.90 Å². The van der Waals surface area contributed by atoms with Crippen LogP contribution in [0.4, 0.5) is 0 Å². The summed E-state index contributed by atoms with van der Waals surface area (Å²) in [5.74, 6) is 1.62. The summed E-state index contributed by atoms with van der Waals surface area (Å²) in [6.45, 7) is 8.45. The standard InChI is InChI=1S/C9H18N4/c1-8-3-5-13(7-9(8)2)6-4-11-12-10/h8-9H,3-7H2,1-2H3. The highest BCUT2D eigenvalue weighted by Crippen LogP contribution is 2.21. The molecule has 1 aliphatic rings. The Labute approximate surface area is 79.5 Å². The third kappa shape index (κ3) is 3.25. The normalized spacial score (nSPS) is 29.7. The summed E-state index contributed by atoms with van der Waals surface area (Å²) in [5, 5.41) is 3.55. The van der Waals surface area contributed by atoms with E-state index in [1.807, 2.05) is 0 Å². The lowest BCUT2D eigenvalue weighted by atomic mass is 9.89. The third-order valence-electron chi connectivity index (χ3n) is 3.00. The average Bonchev–Trinajstić information content (AvgIpc) is 2.12. The first-order valence-electron chi connectivity index (χ1n) is 4.97. The summed E-state index contributed by atoms with van der Waals surface area (Å²) >= 11 is 0. The number of hydrogen-bond donors (Lipinski definition) is 0. The number of likely N-dealkylation sites (tertiary alicyclic amines) is 1. The maximum Gasteiger partial charge on any atom is 0.0385 e. The van der Waals surface area contributed by atoms with Crippen LogP contribution < -0.4 is 0 Å². The fourth-order valence-electron chi connectivity index (χ4n) is 1.78. The van der Waals surface area contributed by atoms with E-state index in [9.17, 15) is 0 Å². The van der Waals surface area contributed by atoms with Crippen LogP contribution in [0.25, 0.3) is 10.4 Å². The van der Waals surface area contributed by atoms with Gasteiger partial charge in [-0.2, -0.15) is 0 Å². The Kier molecular flexibility index (Phi) is 4.06. The molecule has 0 amide bonds. The molecule has 0 radical (unpaired) electrons. The van der Waals surface area contributed by atoms with E-state index in [1.165, 1.54) is 6.42 Å². The molecular formula is C9H18N4. The van der Waals surface area contributed by atoms with Gasteiger partial charge in [0, 0.05) is 24.5 Å². The van der Waals surface area contributed by atoms with E-state index in [4.69, 9.17) is 5.53 Å². The van der Waals surface area contributed by atoms with Crippen molar-refractivity contribution < 1.29 is 0 Å². The first-order valence-corrected chi connectivity index (χ1v) is 4.97. The van der Waals surface area contributed by atoms with Crippen molar-refractivity contribution in [2.24, 2.45) is 17.0 Å². The van der Waals surface area contributed by atoms with Gasteiger partial charge >= 0.3 is 0 Å². The molecule has 0 aromatic rings. The second kappa shape index (κ2) is 5.10. The molecule has 0 bridgehead atoms. The Bertz CT molecular complexity index is 198. The highest BCUT2D eigenvalue weighted by molar-refractivity contribution is 4.75. The van der Waals surface area contributed by atoms with Crippen LogP contribution in [0.1, 0.15) is 20.3 Å². The molecule has 0 aliphatic carbocycles. The van der Waals surface area contributed by atoms with Gasteiger partial charge in [-0.25, -0.2) is 0 Å². The number of piperidine rings is 1. The molecule has 0 aromatic heterocycles. The van der Waals surface area contributed by atoms with Crippen molar-refractivity contribution in [1.82, 2.24) is 4.90 Å². The number of nitrogens with zero attached hydrogens (tertiary/aromatic N) is 4. The highest BCUT2D eigenvalue weighted by Gasteiger charge is 2.21. The summed E-state index contributed by atoms with van der Waals surface area (Å²) in [6.07, 6.45) is 1.28. The lowest BCUT2D eigenvalue weighted by Crippen LogP contribution is -2.39. The van der Waals surface area contributed by atoms with E-state index in [2.05, 4.69) is 28.8 Å². The number of hydrogen-bond acceptors (Lipinski definition) is 2. The molecule has 4 heteroatoms. The van der Waals surface area contributed by atoms with E-state index >= 15 is 0 Å². The summed E-state index contributed by atoms with van der Waals surface area (Å²) in [5.41, 5.74) is 8.13. The predicted octanol–water partition coefficient (Wildman–Crippen LogP) is 2.27. The fraction of sp³-hybridized carbons (Fsp3) is 1.00. The number of rotatable bonds is 3. The Morgan fingerprint density at radius 2 is 2.23 bits per heavy atom. The van der Waals surface area contributed by atoms with E-state index in [1.54, 1.807) is 0 Å². The molecule has 1 fully saturated rings. The van der Waals surface area contributed by atoms with Crippen LogP contribution in [0, 0.1) is 11.8 Å². The van der Waals surface area contributed by atoms with Crippen molar-refractivity contribution in [1.29, 1.82) is 0 Å². The molecule has 1 rings (SSSR count). The van der Waals surface area contributed by atoms with Crippen molar-refractivity contribution in [2.45, 2.75) is 20.3 Å². The van der Waals surface area contributed by atoms with Gasteiger partial charge in [-0.1, -0.05) is 19.0 Å². The SMILES string of the molecule is CC1CCN(CCN=[N+]=[N-])CC1C. The Hall–Kier alpha value is -0.730. The van der Waals surface area contributed by atoms with Crippen molar-refractivity contribution in [3.8, 4) is 0 Å². The lowest BCUT2D eigenvalue weighted by molar-refractivity contribution is 0.142. The van der Waals surface area contributed by atoms with Gasteiger partial charge in [0.25, 0.3) is 0 Å². The molecule has 2 unspecified atom stereocenters. The van der Waals surface area contributed by atoms with Gasteiger partial charge in [-0.3, -0.25) is 0 Å². The molecule has 0 aromatic carbocycles. The zero-order valence-corrected chi connectivity index (χ0v) is 8.48. The Morgan fingerprint density at radius 1 is 1.46 bits per heavy atom. The molecule has 0 N–H and O–H groups in total. The monoisotopic (exact) mass is 182 g/mol. The quantitative estimate of drug-likeness (QED) is 0.375. The second-order valence-corrected chi connectivity index (χ2v) is 4.00. The lowest BCUT2D eigenvalue weighted by Gasteiger charge is -2.34. The number of azide groups is 1. The first kappa shape index (κ1) is 10.4. The van der Waals surface area contributed by atoms with Gasteiger partial charge in [0.2, 0.25) is 0 Å². The van der Waals surface area contributed by atoms with Crippen molar-refractivity contribution >= 4 is 0 Å². The zero-order chi connectivity index (χ0) is 9.68. The Balaban J connectivity index is 2.25. The van der Waals surface area contributed by atoms with E-state index in [0.717, 1.165) is 31.5 Å². The molecule has 1 saturated heterocycles. The third-order valence-corrected chi connectivity index (χ3v) is 3.00. The van der Waals surface area contributed by atoms with Crippen LogP contribution in [-0.2, 0) is 0 Å². The van der Waals surface area contributed by atoms with Gasteiger partial charge in [-0.05, 0) is 30.3 Å².